The van der Waals surface area contributed by atoms with E-state index < -0.39 is 12.0 Å². The van der Waals surface area contributed by atoms with Crippen LogP contribution in [0.3, 0.4) is 0 Å². The number of carbonyl (C=O) groups excluding carboxylic acids is 1. The van der Waals surface area contributed by atoms with E-state index in [0.717, 1.165) is 18.4 Å². The highest BCUT2D eigenvalue weighted by molar-refractivity contribution is 5.96. The summed E-state index contributed by atoms with van der Waals surface area (Å²) in [6, 6.07) is 5.29. The molecule has 150 valence electrons. The van der Waals surface area contributed by atoms with Gasteiger partial charge in [0, 0.05) is 24.6 Å². The molecule has 0 spiro atoms. The lowest BCUT2D eigenvalue weighted by Gasteiger charge is -2.10. The van der Waals surface area contributed by atoms with E-state index in [4.69, 9.17) is 9.63 Å². The van der Waals surface area contributed by atoms with E-state index in [1.165, 1.54) is 35.1 Å². The number of hydrogen-bond acceptors (Lipinski definition) is 6. The first-order chi connectivity index (χ1) is 14.0. The second-order valence-electron chi connectivity index (χ2n) is 7.37. The second-order valence-corrected chi connectivity index (χ2v) is 7.37. The lowest BCUT2D eigenvalue weighted by molar-refractivity contribution is -0.140. The van der Waals surface area contributed by atoms with Gasteiger partial charge < -0.3 is 9.63 Å². The van der Waals surface area contributed by atoms with Crippen LogP contribution < -0.4 is 0 Å². The molecule has 2 aromatic heterocycles. The minimum atomic E-state index is -0.986. The molecule has 1 N–H and O–H groups in total. The molecule has 3 aromatic rings. The number of rotatable bonds is 7. The minimum absolute atomic E-state index is 0.0264. The van der Waals surface area contributed by atoms with Crippen molar-refractivity contribution in [2.24, 2.45) is 0 Å². The summed E-state index contributed by atoms with van der Waals surface area (Å²) in [4.78, 5) is 28.2. The van der Waals surface area contributed by atoms with Gasteiger partial charge in [0.2, 0.25) is 11.7 Å². The highest BCUT2D eigenvalue weighted by Crippen LogP contribution is 2.38. The van der Waals surface area contributed by atoms with Crippen molar-refractivity contribution in [2.75, 3.05) is 0 Å². The maximum atomic E-state index is 12.7. The van der Waals surface area contributed by atoms with Gasteiger partial charge in [-0.2, -0.15) is 10.1 Å². The molecule has 2 heterocycles. The van der Waals surface area contributed by atoms with Crippen LogP contribution in [0.4, 0.5) is 0 Å². The average molecular weight is 394 g/mol. The van der Waals surface area contributed by atoms with Crippen LogP contribution >= 0.6 is 0 Å². The van der Waals surface area contributed by atoms with Gasteiger partial charge in [-0.1, -0.05) is 24.2 Å². The molecule has 2 atom stereocenters. The number of benzene rings is 1. The largest absolute Gasteiger partial charge is 0.480 e. The molecule has 4 rings (SSSR count). The fourth-order valence-electron chi connectivity index (χ4n) is 3.72. The Hall–Kier alpha value is -3.29. The summed E-state index contributed by atoms with van der Waals surface area (Å²) in [5, 5.41) is 17.1. The van der Waals surface area contributed by atoms with Gasteiger partial charge in [0.25, 0.3) is 0 Å². The smallest absolute Gasteiger partial charge is 0.328 e. The van der Waals surface area contributed by atoms with Crippen LogP contribution in [0.15, 0.2) is 35.1 Å². The molecule has 1 aromatic carbocycles. The topological polar surface area (TPSA) is 111 Å². The fraction of sp³-hybridized carbons (Fsp3) is 0.381. The highest BCUT2D eigenvalue weighted by Gasteiger charge is 2.27. The van der Waals surface area contributed by atoms with Crippen molar-refractivity contribution < 1.29 is 19.2 Å². The molecule has 8 heteroatoms. The summed E-state index contributed by atoms with van der Waals surface area (Å²) in [6.07, 6.45) is 5.83. The highest BCUT2D eigenvalue weighted by atomic mass is 16.5. The van der Waals surface area contributed by atoms with E-state index in [1.54, 1.807) is 0 Å². The zero-order chi connectivity index (χ0) is 20.5. The van der Waals surface area contributed by atoms with E-state index in [2.05, 4.69) is 21.3 Å². The number of Topliss-reactive ketones (excluding diaryl/α,β-unsaturated/α-hetero) is 1. The first-order valence-corrected chi connectivity index (χ1v) is 9.72. The molecule has 29 heavy (non-hydrogen) atoms. The number of aromatic nitrogens is 4. The lowest BCUT2D eigenvalue weighted by Crippen LogP contribution is -2.15. The minimum Gasteiger partial charge on any atom is -0.480 e. The van der Waals surface area contributed by atoms with E-state index in [0.29, 0.717) is 30.1 Å². The van der Waals surface area contributed by atoms with Gasteiger partial charge in [0.1, 0.15) is 6.04 Å². The van der Waals surface area contributed by atoms with Crippen molar-refractivity contribution in [1.29, 1.82) is 0 Å². The predicted octanol–water partition coefficient (Wildman–Crippen LogP) is 3.44. The summed E-state index contributed by atoms with van der Waals surface area (Å²) < 4.78 is 6.50. The van der Waals surface area contributed by atoms with Crippen molar-refractivity contribution in [1.82, 2.24) is 19.9 Å². The van der Waals surface area contributed by atoms with Crippen molar-refractivity contribution >= 4 is 11.8 Å². The van der Waals surface area contributed by atoms with Gasteiger partial charge in [-0.05, 0) is 42.9 Å². The summed E-state index contributed by atoms with van der Waals surface area (Å²) in [5.74, 6) is 0.330. The number of aryl methyl sites for hydroxylation is 2. The van der Waals surface area contributed by atoms with Crippen LogP contribution in [0.5, 0.6) is 0 Å². The van der Waals surface area contributed by atoms with Crippen molar-refractivity contribution in [3.05, 3.63) is 53.2 Å². The van der Waals surface area contributed by atoms with Gasteiger partial charge >= 0.3 is 5.97 Å². The zero-order valence-corrected chi connectivity index (χ0v) is 16.3. The van der Waals surface area contributed by atoms with E-state index in [1.807, 2.05) is 19.1 Å². The number of aliphatic carboxylic acids is 1. The number of ketones is 1. The number of carboxylic acids is 1. The summed E-state index contributed by atoms with van der Waals surface area (Å²) in [5.41, 5.74) is 3.75. The number of nitrogens with zero attached hydrogens (tertiary/aromatic N) is 4. The molecule has 0 aliphatic heterocycles. The molecule has 8 nitrogen and oxygen atoms in total. The Morgan fingerprint density at radius 1 is 1.38 bits per heavy atom. The molecular weight excluding hydrogens is 372 g/mol. The molecular formula is C21H22N4O4. The van der Waals surface area contributed by atoms with Crippen LogP contribution in [0, 0.1) is 0 Å². The lowest BCUT2D eigenvalue weighted by atomic mass is 9.93. The Morgan fingerprint density at radius 2 is 2.21 bits per heavy atom. The first-order valence-electron chi connectivity index (χ1n) is 9.72. The molecule has 0 saturated carbocycles. The monoisotopic (exact) mass is 394 g/mol. The first kappa shape index (κ1) is 19.0. The van der Waals surface area contributed by atoms with Crippen LogP contribution in [-0.4, -0.2) is 36.8 Å². The van der Waals surface area contributed by atoms with Crippen LogP contribution in [0.2, 0.25) is 0 Å². The average Bonchev–Trinajstić information content (AvgIpc) is 3.46. The van der Waals surface area contributed by atoms with Gasteiger partial charge in [0.15, 0.2) is 5.78 Å². The Kier molecular flexibility index (Phi) is 5.00. The third-order valence-corrected chi connectivity index (χ3v) is 5.48. The molecule has 0 amide bonds. The Morgan fingerprint density at radius 3 is 2.93 bits per heavy atom. The quantitative estimate of drug-likeness (QED) is 0.611. The third kappa shape index (κ3) is 3.70. The van der Waals surface area contributed by atoms with Gasteiger partial charge in [0.05, 0.1) is 11.8 Å². The third-order valence-electron chi connectivity index (χ3n) is 5.48. The normalized spacial score (nSPS) is 16.6. The van der Waals surface area contributed by atoms with Crippen molar-refractivity contribution in [2.45, 2.75) is 51.5 Å². The fourth-order valence-corrected chi connectivity index (χ4v) is 3.72. The summed E-state index contributed by atoms with van der Waals surface area (Å²) in [7, 11) is 0. The molecule has 1 aliphatic carbocycles. The molecule has 0 saturated heterocycles. The van der Waals surface area contributed by atoms with Gasteiger partial charge in [-0.15, -0.1) is 0 Å². The van der Waals surface area contributed by atoms with Crippen LogP contribution in [0.25, 0.3) is 11.4 Å². The van der Waals surface area contributed by atoms with Gasteiger partial charge in [-0.25, -0.2) is 4.79 Å². The van der Waals surface area contributed by atoms with E-state index in [9.17, 15) is 9.59 Å². The van der Waals surface area contributed by atoms with E-state index in [-0.39, 0.29) is 11.7 Å². The predicted molar refractivity (Wildman–Crippen MR) is 104 cm³/mol. The molecule has 0 bridgehead atoms. The van der Waals surface area contributed by atoms with Crippen LogP contribution in [0.1, 0.15) is 66.0 Å². The molecule has 0 radical (unpaired) electrons. The maximum Gasteiger partial charge on any atom is 0.328 e. The van der Waals surface area contributed by atoms with Crippen molar-refractivity contribution in [3.8, 4) is 11.4 Å². The summed E-state index contributed by atoms with van der Waals surface area (Å²) >= 11 is 0. The Labute approximate surface area is 167 Å². The SMILES string of the molecule is CCc1nc(-c2ccc3c(c2)CC[C@H]3CC(=O)c2cnn(C(C)C(=O)O)c2)no1. The Balaban J connectivity index is 1.48. The zero-order valence-electron chi connectivity index (χ0n) is 16.3. The van der Waals surface area contributed by atoms with Crippen LogP contribution in [-0.2, 0) is 17.6 Å². The van der Waals surface area contributed by atoms with Crippen molar-refractivity contribution in [3.63, 3.8) is 0 Å². The summed E-state index contributed by atoms with van der Waals surface area (Å²) in [6.45, 7) is 3.50. The number of carboxylic acid groups (broad SMARTS) is 1. The number of hydrogen-bond donors (Lipinski definition) is 1. The number of fused-ring (bicyclic) bond motifs is 1. The second kappa shape index (κ2) is 7.62. The Bertz CT molecular complexity index is 1070. The van der Waals surface area contributed by atoms with Gasteiger partial charge in [-0.3, -0.25) is 9.48 Å². The molecule has 1 aliphatic rings. The maximum absolute atomic E-state index is 12.7. The standard InChI is InChI=1S/C21H22N4O4/c1-3-19-23-20(24-29-19)15-6-7-17-13(8-15)4-5-14(17)9-18(26)16-10-22-25(11-16)12(2)21(27)28/h6-8,10-12,14H,3-5,9H2,1-2H3,(H,27,28)/t12?,14-/m0/s1. The molecule has 1 unspecified atom stereocenters. The molecule has 0 fully saturated rings. The number of carbonyl (C=O) groups is 2. The van der Waals surface area contributed by atoms with E-state index >= 15 is 0 Å².